The topological polar surface area (TPSA) is 100 Å². The third-order valence-electron chi connectivity index (χ3n) is 5.00. The molecule has 0 saturated heterocycles. The number of benzene rings is 3. The van der Waals surface area contributed by atoms with Gasteiger partial charge in [-0.25, -0.2) is 18.3 Å². The van der Waals surface area contributed by atoms with Crippen LogP contribution in [0.4, 0.5) is 10.1 Å². The highest BCUT2D eigenvalue weighted by Gasteiger charge is 2.17. The monoisotopic (exact) mass is 473 g/mol. The Morgan fingerprint density at radius 1 is 1.06 bits per heavy atom. The van der Waals surface area contributed by atoms with Gasteiger partial charge in [-0.1, -0.05) is 17.7 Å². The Labute approximate surface area is 188 Å². The highest BCUT2D eigenvalue weighted by Crippen LogP contribution is 2.34. The Bertz CT molecular complexity index is 1450. The van der Waals surface area contributed by atoms with Crippen LogP contribution in [0, 0.1) is 5.82 Å². The van der Waals surface area contributed by atoms with Gasteiger partial charge in [0.25, 0.3) is 15.9 Å². The van der Waals surface area contributed by atoms with E-state index in [1.807, 2.05) is 17.8 Å². The van der Waals surface area contributed by atoms with Crippen molar-refractivity contribution < 1.29 is 22.8 Å². The van der Waals surface area contributed by atoms with Crippen LogP contribution in [0.25, 0.3) is 22.0 Å². The number of aromatic nitrogens is 1. The SMILES string of the molecule is Cn1cc(-c2ccc(F)c(Cl)c2)c2cc(NS(=O)(=O)c3ccc(C(=O)NO)cc3)ccc21. The Hall–Kier alpha value is -3.40. The van der Waals surface area contributed by atoms with E-state index < -0.39 is 21.7 Å². The van der Waals surface area contributed by atoms with Gasteiger partial charge in [-0.2, -0.15) is 0 Å². The van der Waals surface area contributed by atoms with Crippen LogP contribution >= 0.6 is 11.6 Å². The summed E-state index contributed by atoms with van der Waals surface area (Å²) in [6.07, 6.45) is 1.86. The first-order valence-corrected chi connectivity index (χ1v) is 11.2. The van der Waals surface area contributed by atoms with Crippen molar-refractivity contribution in [2.75, 3.05) is 4.72 Å². The maximum atomic E-state index is 13.6. The van der Waals surface area contributed by atoms with Gasteiger partial charge in [-0.05, 0) is 60.2 Å². The summed E-state index contributed by atoms with van der Waals surface area (Å²) < 4.78 is 43.6. The molecule has 0 saturated carbocycles. The lowest BCUT2D eigenvalue weighted by Gasteiger charge is -2.10. The number of aryl methyl sites for hydroxylation is 1. The van der Waals surface area contributed by atoms with Gasteiger partial charge in [0.1, 0.15) is 5.82 Å². The number of carbonyl (C=O) groups excluding carboxylic acids is 1. The summed E-state index contributed by atoms with van der Waals surface area (Å²) in [4.78, 5) is 11.4. The standard InChI is InChI=1S/C22H17ClFN3O4S/c1-27-12-18(14-4-8-20(24)19(23)10-14)17-11-15(5-9-21(17)27)26-32(30,31)16-6-2-13(3-7-16)22(28)25-29/h2-12,26,29H,1H3,(H,25,28). The van der Waals surface area contributed by atoms with Crippen molar-refractivity contribution in [1.29, 1.82) is 0 Å². The maximum absolute atomic E-state index is 13.6. The average molecular weight is 474 g/mol. The second-order valence-corrected chi connectivity index (χ2v) is 9.17. The first kappa shape index (κ1) is 21.8. The summed E-state index contributed by atoms with van der Waals surface area (Å²) in [5.74, 6) is -1.27. The minimum atomic E-state index is -3.94. The maximum Gasteiger partial charge on any atom is 0.274 e. The van der Waals surface area contributed by atoms with Gasteiger partial charge in [0.05, 0.1) is 9.92 Å². The van der Waals surface area contributed by atoms with Gasteiger partial charge in [0.15, 0.2) is 0 Å². The molecule has 7 nitrogen and oxygen atoms in total. The van der Waals surface area contributed by atoms with Gasteiger partial charge in [-0.3, -0.25) is 14.7 Å². The smallest absolute Gasteiger partial charge is 0.274 e. The number of halogens is 2. The quantitative estimate of drug-likeness (QED) is 0.292. The molecule has 0 spiro atoms. The van der Waals surface area contributed by atoms with Crippen molar-refractivity contribution in [3.63, 3.8) is 0 Å². The predicted molar refractivity (Wildman–Crippen MR) is 120 cm³/mol. The van der Waals surface area contributed by atoms with E-state index >= 15 is 0 Å². The lowest BCUT2D eigenvalue weighted by atomic mass is 10.0. The molecule has 0 aliphatic carbocycles. The van der Waals surface area contributed by atoms with Crippen molar-refractivity contribution in [2.45, 2.75) is 4.90 Å². The van der Waals surface area contributed by atoms with E-state index in [0.717, 1.165) is 16.5 Å². The minimum absolute atomic E-state index is 0.00492. The highest BCUT2D eigenvalue weighted by molar-refractivity contribution is 7.92. The zero-order valence-corrected chi connectivity index (χ0v) is 18.2. The molecule has 1 amide bonds. The number of hydroxylamine groups is 1. The molecule has 1 heterocycles. The van der Waals surface area contributed by atoms with Crippen LogP contribution in [-0.4, -0.2) is 24.1 Å². The minimum Gasteiger partial charge on any atom is -0.350 e. The van der Waals surface area contributed by atoms with E-state index in [9.17, 15) is 17.6 Å². The van der Waals surface area contributed by atoms with Crippen LogP contribution < -0.4 is 10.2 Å². The second kappa shape index (κ2) is 8.27. The highest BCUT2D eigenvalue weighted by atomic mass is 35.5. The van der Waals surface area contributed by atoms with Crippen LogP contribution in [0.1, 0.15) is 10.4 Å². The molecular formula is C22H17ClFN3O4S. The summed E-state index contributed by atoms with van der Waals surface area (Å²) in [7, 11) is -2.08. The van der Waals surface area contributed by atoms with Crippen molar-refractivity contribution in [2.24, 2.45) is 7.05 Å². The van der Waals surface area contributed by atoms with Gasteiger partial charge >= 0.3 is 0 Å². The molecule has 3 N–H and O–H groups in total. The van der Waals surface area contributed by atoms with Gasteiger partial charge < -0.3 is 4.57 Å². The molecule has 0 aliphatic heterocycles. The first-order valence-electron chi connectivity index (χ1n) is 9.31. The summed E-state index contributed by atoms with van der Waals surface area (Å²) in [6, 6.07) is 14.6. The zero-order valence-electron chi connectivity index (χ0n) is 16.6. The van der Waals surface area contributed by atoms with E-state index in [1.54, 1.807) is 24.3 Å². The first-order chi connectivity index (χ1) is 15.2. The number of amides is 1. The molecule has 4 rings (SSSR count). The molecule has 10 heteroatoms. The van der Waals surface area contributed by atoms with Gasteiger partial charge in [0.2, 0.25) is 0 Å². The number of hydrogen-bond acceptors (Lipinski definition) is 4. The van der Waals surface area contributed by atoms with E-state index in [2.05, 4.69) is 4.72 Å². The Balaban J connectivity index is 1.70. The fourth-order valence-electron chi connectivity index (χ4n) is 3.41. The van der Waals surface area contributed by atoms with Crippen LogP contribution in [0.15, 0.2) is 71.8 Å². The molecule has 3 aromatic carbocycles. The van der Waals surface area contributed by atoms with E-state index in [0.29, 0.717) is 11.3 Å². The summed E-state index contributed by atoms with van der Waals surface area (Å²) in [5, 5.41) is 9.43. The summed E-state index contributed by atoms with van der Waals surface area (Å²) in [5.41, 5.74) is 4.24. The number of nitrogens with zero attached hydrogens (tertiary/aromatic N) is 1. The molecule has 1 aromatic heterocycles. The lowest BCUT2D eigenvalue weighted by Crippen LogP contribution is -2.19. The molecule has 0 fully saturated rings. The predicted octanol–water partition coefficient (Wildman–Crippen LogP) is 4.56. The average Bonchev–Trinajstić information content (AvgIpc) is 3.10. The number of hydrogen-bond donors (Lipinski definition) is 3. The van der Waals surface area contributed by atoms with Crippen molar-refractivity contribution in [1.82, 2.24) is 10.0 Å². The molecule has 4 aromatic rings. The van der Waals surface area contributed by atoms with Crippen molar-refractivity contribution in [3.8, 4) is 11.1 Å². The van der Waals surface area contributed by atoms with E-state index in [4.69, 9.17) is 16.8 Å². The van der Waals surface area contributed by atoms with Crippen LogP contribution in [0.2, 0.25) is 5.02 Å². The normalized spacial score (nSPS) is 11.5. The Morgan fingerprint density at radius 3 is 2.44 bits per heavy atom. The van der Waals surface area contributed by atoms with Crippen molar-refractivity contribution >= 4 is 44.1 Å². The summed E-state index contributed by atoms with van der Waals surface area (Å²) >= 11 is 5.94. The third-order valence-corrected chi connectivity index (χ3v) is 6.69. The van der Waals surface area contributed by atoms with E-state index in [-0.39, 0.29) is 15.5 Å². The molecule has 0 aliphatic rings. The molecule has 164 valence electrons. The molecular weight excluding hydrogens is 457 g/mol. The molecule has 0 radical (unpaired) electrons. The molecule has 0 unspecified atom stereocenters. The van der Waals surface area contributed by atoms with Gasteiger partial charge in [0, 0.05) is 41.0 Å². The largest absolute Gasteiger partial charge is 0.350 e. The fraction of sp³-hybridized carbons (Fsp3) is 0.0455. The number of carbonyl (C=O) groups is 1. The fourth-order valence-corrected chi connectivity index (χ4v) is 4.64. The zero-order chi connectivity index (χ0) is 23.0. The van der Waals surface area contributed by atoms with Crippen LogP contribution in [-0.2, 0) is 17.1 Å². The lowest BCUT2D eigenvalue weighted by molar-refractivity contribution is 0.0706. The van der Waals surface area contributed by atoms with E-state index in [1.165, 1.54) is 41.9 Å². The summed E-state index contributed by atoms with van der Waals surface area (Å²) in [6.45, 7) is 0. The molecule has 32 heavy (non-hydrogen) atoms. The van der Waals surface area contributed by atoms with Crippen LogP contribution in [0.3, 0.4) is 0 Å². The number of rotatable bonds is 5. The van der Waals surface area contributed by atoms with Crippen LogP contribution in [0.5, 0.6) is 0 Å². The number of fused-ring (bicyclic) bond motifs is 1. The number of nitrogens with one attached hydrogen (secondary N) is 2. The Morgan fingerprint density at radius 2 is 1.78 bits per heavy atom. The third kappa shape index (κ3) is 4.05. The second-order valence-electron chi connectivity index (χ2n) is 7.09. The Kier molecular flexibility index (Phi) is 5.64. The van der Waals surface area contributed by atoms with Gasteiger partial charge in [-0.15, -0.1) is 0 Å². The molecule has 0 atom stereocenters. The number of anilines is 1. The van der Waals surface area contributed by atoms with Crippen molar-refractivity contribution in [3.05, 3.63) is 83.3 Å². The molecule has 0 bridgehead atoms. The number of sulfonamides is 1.